The molecule has 0 bridgehead atoms. The molecule has 0 heterocycles. The molecule has 100 valence electrons. The summed E-state index contributed by atoms with van der Waals surface area (Å²) in [6.45, 7) is 7.27. The highest BCUT2D eigenvalue weighted by Crippen LogP contribution is 1.96. The summed E-state index contributed by atoms with van der Waals surface area (Å²) in [5, 5.41) is 2.66. The molecule has 0 spiro atoms. The first-order valence-corrected chi connectivity index (χ1v) is 5.94. The van der Waals surface area contributed by atoms with Crippen molar-refractivity contribution in [3.8, 4) is 0 Å². The summed E-state index contributed by atoms with van der Waals surface area (Å²) in [5.74, 6) is -0.293. The van der Waals surface area contributed by atoms with Crippen LogP contribution in [0.15, 0.2) is 0 Å². The van der Waals surface area contributed by atoms with Crippen LogP contribution < -0.4 is 16.2 Å². The third-order valence-corrected chi connectivity index (χ3v) is 2.46. The Labute approximate surface area is 103 Å². The molecule has 0 aromatic rings. The van der Waals surface area contributed by atoms with Crippen LogP contribution in [0.2, 0.25) is 0 Å². The fraction of sp³-hybridized carbons (Fsp3) is 0.818. The molecular formula is C11H24N4O2. The van der Waals surface area contributed by atoms with Crippen molar-refractivity contribution in [3.05, 3.63) is 0 Å². The molecule has 0 atom stereocenters. The largest absolute Gasteiger partial charge is 0.337 e. The van der Waals surface area contributed by atoms with Crippen molar-refractivity contribution >= 4 is 11.9 Å². The van der Waals surface area contributed by atoms with Crippen LogP contribution in [0, 0.1) is 0 Å². The van der Waals surface area contributed by atoms with Crippen LogP contribution in [-0.4, -0.2) is 43.0 Å². The van der Waals surface area contributed by atoms with Gasteiger partial charge in [-0.15, -0.1) is 0 Å². The first kappa shape index (κ1) is 15.7. The number of hydrogen-bond acceptors (Lipinski definition) is 3. The number of amides is 3. The van der Waals surface area contributed by atoms with E-state index in [0.29, 0.717) is 12.6 Å². The Morgan fingerprint density at radius 1 is 1.18 bits per heavy atom. The van der Waals surface area contributed by atoms with Gasteiger partial charge >= 0.3 is 6.03 Å². The van der Waals surface area contributed by atoms with Gasteiger partial charge < -0.3 is 10.2 Å². The van der Waals surface area contributed by atoms with Crippen molar-refractivity contribution in [2.75, 3.05) is 20.1 Å². The van der Waals surface area contributed by atoms with Crippen LogP contribution in [0.4, 0.5) is 4.79 Å². The first-order chi connectivity index (χ1) is 7.93. The lowest BCUT2D eigenvalue weighted by atomic mass is 10.2. The van der Waals surface area contributed by atoms with E-state index in [2.05, 4.69) is 42.0 Å². The van der Waals surface area contributed by atoms with Crippen molar-refractivity contribution in [2.45, 2.75) is 39.7 Å². The fourth-order valence-electron chi connectivity index (χ4n) is 1.14. The lowest BCUT2D eigenvalue weighted by Gasteiger charge is -2.20. The van der Waals surface area contributed by atoms with Gasteiger partial charge in [0.05, 0.1) is 0 Å². The summed E-state index contributed by atoms with van der Waals surface area (Å²) < 4.78 is 0. The SMILES string of the molecule is CC(=O)NNC(=O)NCCCCN(C)C(C)C. The highest BCUT2D eigenvalue weighted by molar-refractivity contribution is 5.79. The van der Waals surface area contributed by atoms with Gasteiger partial charge in [-0.25, -0.2) is 10.2 Å². The molecule has 0 aliphatic rings. The van der Waals surface area contributed by atoms with Crippen molar-refractivity contribution in [2.24, 2.45) is 0 Å². The highest BCUT2D eigenvalue weighted by Gasteiger charge is 2.02. The number of unbranched alkanes of at least 4 members (excludes halogenated alkanes) is 1. The number of nitrogens with zero attached hydrogens (tertiary/aromatic N) is 1. The van der Waals surface area contributed by atoms with Gasteiger partial charge in [0.25, 0.3) is 0 Å². The second-order valence-corrected chi connectivity index (χ2v) is 4.34. The summed E-state index contributed by atoms with van der Waals surface area (Å²) in [6, 6.07) is 0.170. The van der Waals surface area contributed by atoms with Gasteiger partial charge in [0, 0.05) is 19.5 Å². The van der Waals surface area contributed by atoms with Gasteiger partial charge in [-0.05, 0) is 40.3 Å². The topological polar surface area (TPSA) is 73.5 Å². The number of carbonyl (C=O) groups excluding carboxylic acids is 2. The monoisotopic (exact) mass is 244 g/mol. The smallest absolute Gasteiger partial charge is 0.333 e. The first-order valence-electron chi connectivity index (χ1n) is 5.94. The predicted molar refractivity (Wildman–Crippen MR) is 67.4 cm³/mol. The summed E-state index contributed by atoms with van der Waals surface area (Å²) in [6.07, 6.45) is 1.96. The quantitative estimate of drug-likeness (QED) is 0.469. The summed E-state index contributed by atoms with van der Waals surface area (Å²) in [7, 11) is 2.08. The molecule has 0 aliphatic heterocycles. The number of hydrazine groups is 1. The molecule has 0 fully saturated rings. The van der Waals surface area contributed by atoms with Gasteiger partial charge in [-0.1, -0.05) is 0 Å². The molecule has 0 aromatic heterocycles. The zero-order chi connectivity index (χ0) is 13.3. The molecule has 0 rings (SSSR count). The lowest BCUT2D eigenvalue weighted by Crippen LogP contribution is -2.46. The second-order valence-electron chi connectivity index (χ2n) is 4.34. The van der Waals surface area contributed by atoms with Gasteiger partial charge in [-0.2, -0.15) is 0 Å². The van der Waals surface area contributed by atoms with Crippen LogP contribution in [0.1, 0.15) is 33.6 Å². The molecule has 6 heteroatoms. The number of nitrogens with one attached hydrogen (secondary N) is 3. The normalized spacial score (nSPS) is 10.5. The van der Waals surface area contributed by atoms with Gasteiger partial charge in [-0.3, -0.25) is 10.2 Å². The van der Waals surface area contributed by atoms with Crippen LogP contribution >= 0.6 is 0 Å². The van der Waals surface area contributed by atoms with E-state index >= 15 is 0 Å². The lowest BCUT2D eigenvalue weighted by molar-refractivity contribution is -0.119. The zero-order valence-corrected chi connectivity index (χ0v) is 11.2. The van der Waals surface area contributed by atoms with E-state index in [1.54, 1.807) is 0 Å². The molecular weight excluding hydrogens is 220 g/mol. The minimum atomic E-state index is -0.377. The molecule has 3 N–H and O–H groups in total. The number of urea groups is 1. The zero-order valence-electron chi connectivity index (χ0n) is 11.2. The maximum atomic E-state index is 11.1. The third kappa shape index (κ3) is 9.62. The molecule has 0 aromatic carbocycles. The summed E-state index contributed by atoms with van der Waals surface area (Å²) >= 11 is 0. The number of rotatable bonds is 6. The molecule has 0 aliphatic carbocycles. The predicted octanol–water partition coefficient (Wildman–Crippen LogP) is 0.457. The van der Waals surface area contributed by atoms with Crippen molar-refractivity contribution in [1.29, 1.82) is 0 Å². The van der Waals surface area contributed by atoms with Crippen molar-refractivity contribution in [3.63, 3.8) is 0 Å². The van der Waals surface area contributed by atoms with Gasteiger partial charge in [0.2, 0.25) is 5.91 Å². The van der Waals surface area contributed by atoms with Crippen LogP contribution in [0.3, 0.4) is 0 Å². The molecule has 0 saturated carbocycles. The molecule has 17 heavy (non-hydrogen) atoms. The van der Waals surface area contributed by atoms with E-state index in [0.717, 1.165) is 19.4 Å². The Morgan fingerprint density at radius 3 is 2.35 bits per heavy atom. The Balaban J connectivity index is 3.39. The minimum Gasteiger partial charge on any atom is -0.337 e. The van der Waals surface area contributed by atoms with E-state index in [1.807, 2.05) is 0 Å². The second kappa shape index (κ2) is 8.81. The van der Waals surface area contributed by atoms with E-state index in [4.69, 9.17) is 0 Å². The highest BCUT2D eigenvalue weighted by atomic mass is 16.2. The fourth-order valence-corrected chi connectivity index (χ4v) is 1.14. The average molecular weight is 244 g/mol. The van der Waals surface area contributed by atoms with Crippen molar-refractivity contribution < 1.29 is 9.59 Å². The Kier molecular flexibility index (Phi) is 8.13. The molecule has 6 nitrogen and oxygen atoms in total. The average Bonchev–Trinajstić information content (AvgIpc) is 2.25. The standard InChI is InChI=1S/C11H24N4O2/c1-9(2)15(4)8-6-5-7-12-11(17)14-13-10(3)16/h9H,5-8H2,1-4H3,(H,13,16)(H2,12,14,17). The van der Waals surface area contributed by atoms with E-state index in [-0.39, 0.29) is 11.9 Å². The van der Waals surface area contributed by atoms with Crippen LogP contribution in [0.25, 0.3) is 0 Å². The Hall–Kier alpha value is -1.30. The molecule has 0 saturated heterocycles. The molecule has 3 amide bonds. The number of hydrogen-bond donors (Lipinski definition) is 3. The number of carbonyl (C=O) groups is 2. The van der Waals surface area contributed by atoms with E-state index < -0.39 is 0 Å². The maximum Gasteiger partial charge on any atom is 0.333 e. The van der Waals surface area contributed by atoms with Crippen LogP contribution in [0.5, 0.6) is 0 Å². The van der Waals surface area contributed by atoms with E-state index in [1.165, 1.54) is 6.92 Å². The van der Waals surface area contributed by atoms with Gasteiger partial charge in [0.15, 0.2) is 0 Å². The summed E-state index contributed by atoms with van der Waals surface area (Å²) in [5.41, 5.74) is 4.45. The van der Waals surface area contributed by atoms with Crippen LogP contribution in [-0.2, 0) is 4.79 Å². The van der Waals surface area contributed by atoms with Gasteiger partial charge in [0.1, 0.15) is 0 Å². The van der Waals surface area contributed by atoms with Crippen molar-refractivity contribution in [1.82, 2.24) is 21.1 Å². The minimum absolute atomic E-state index is 0.293. The molecule has 0 radical (unpaired) electrons. The van der Waals surface area contributed by atoms with E-state index in [9.17, 15) is 9.59 Å². The Morgan fingerprint density at radius 2 is 1.82 bits per heavy atom. The third-order valence-electron chi connectivity index (χ3n) is 2.46. The molecule has 0 unspecified atom stereocenters. The summed E-state index contributed by atoms with van der Waals surface area (Å²) in [4.78, 5) is 23.9. The maximum absolute atomic E-state index is 11.1. The Bertz CT molecular complexity index is 244.